The fourth-order valence-electron chi connectivity index (χ4n) is 2.57. The van der Waals surface area contributed by atoms with Gasteiger partial charge in [0, 0.05) is 23.1 Å². The summed E-state index contributed by atoms with van der Waals surface area (Å²) in [4.78, 5) is 0.0893. The Hall–Kier alpha value is -0.500. The smallest absolute Gasteiger partial charge is 0.244 e. The summed E-state index contributed by atoms with van der Waals surface area (Å²) in [6.45, 7) is 2.27. The van der Waals surface area contributed by atoms with Gasteiger partial charge in [-0.1, -0.05) is 6.42 Å². The molecule has 112 valence electrons. The van der Waals surface area contributed by atoms with Crippen LogP contribution in [0.5, 0.6) is 0 Å². The van der Waals surface area contributed by atoms with Gasteiger partial charge in [0.25, 0.3) is 0 Å². The predicted molar refractivity (Wildman–Crippen MR) is 79.3 cm³/mol. The van der Waals surface area contributed by atoms with E-state index < -0.39 is 15.8 Å². The Kier molecular flexibility index (Phi) is 4.84. The monoisotopic (exact) mass is 364 g/mol. The summed E-state index contributed by atoms with van der Waals surface area (Å²) in [6.07, 6.45) is 2.56. The maximum Gasteiger partial charge on any atom is 0.244 e. The van der Waals surface area contributed by atoms with Crippen molar-refractivity contribution in [2.75, 3.05) is 6.54 Å². The van der Waals surface area contributed by atoms with Crippen molar-refractivity contribution < 1.29 is 12.8 Å². The molecule has 0 bridgehead atoms. The molecule has 7 heteroatoms. The minimum absolute atomic E-state index is 0.0893. The minimum atomic E-state index is -3.66. The van der Waals surface area contributed by atoms with Gasteiger partial charge in [0.15, 0.2) is 0 Å². The molecule has 0 spiro atoms. The lowest BCUT2D eigenvalue weighted by Crippen LogP contribution is -2.51. The Morgan fingerprint density at radius 1 is 1.45 bits per heavy atom. The fourth-order valence-corrected chi connectivity index (χ4v) is 5.35. The second-order valence-corrected chi connectivity index (χ2v) is 7.83. The van der Waals surface area contributed by atoms with Crippen molar-refractivity contribution in [3.8, 4) is 0 Å². The third-order valence-electron chi connectivity index (χ3n) is 3.59. The molecule has 0 saturated carbocycles. The zero-order chi connectivity index (χ0) is 14.9. The van der Waals surface area contributed by atoms with E-state index in [1.54, 1.807) is 0 Å². The van der Waals surface area contributed by atoms with E-state index in [1.165, 1.54) is 10.4 Å². The SMILES string of the molecule is CC(N)C1CCCCN1S(=O)(=O)c1ccc(F)cc1Br. The Labute approximate surface area is 127 Å². The first-order chi connectivity index (χ1) is 9.34. The summed E-state index contributed by atoms with van der Waals surface area (Å²) in [6, 6.07) is 3.18. The summed E-state index contributed by atoms with van der Waals surface area (Å²) in [5.74, 6) is -0.474. The Morgan fingerprint density at radius 2 is 2.15 bits per heavy atom. The van der Waals surface area contributed by atoms with Gasteiger partial charge in [-0.15, -0.1) is 0 Å². The molecule has 0 amide bonds. The van der Waals surface area contributed by atoms with Crippen LogP contribution >= 0.6 is 15.9 Å². The number of nitrogens with two attached hydrogens (primary N) is 1. The maximum absolute atomic E-state index is 13.1. The molecule has 1 fully saturated rings. The van der Waals surface area contributed by atoms with Crippen LogP contribution in [0.3, 0.4) is 0 Å². The second kappa shape index (κ2) is 6.09. The Balaban J connectivity index is 2.42. The molecule has 1 aliphatic rings. The second-order valence-electron chi connectivity index (χ2n) is 5.11. The van der Waals surface area contributed by atoms with Crippen molar-refractivity contribution in [2.24, 2.45) is 5.73 Å². The summed E-state index contributed by atoms with van der Waals surface area (Å²) >= 11 is 3.13. The van der Waals surface area contributed by atoms with Crippen LogP contribution in [0.4, 0.5) is 4.39 Å². The number of hydrogen-bond donors (Lipinski definition) is 1. The molecule has 1 aromatic rings. The van der Waals surface area contributed by atoms with Crippen LogP contribution < -0.4 is 5.73 Å². The lowest BCUT2D eigenvalue weighted by atomic mass is 10.00. The van der Waals surface area contributed by atoms with E-state index in [4.69, 9.17) is 5.73 Å². The summed E-state index contributed by atoms with van der Waals surface area (Å²) in [5.41, 5.74) is 5.92. The molecule has 0 radical (unpaired) electrons. The van der Waals surface area contributed by atoms with Crippen molar-refractivity contribution in [1.82, 2.24) is 4.31 Å². The Bertz CT molecular complexity index is 592. The van der Waals surface area contributed by atoms with Gasteiger partial charge in [-0.05, 0) is 53.9 Å². The van der Waals surface area contributed by atoms with E-state index in [9.17, 15) is 12.8 Å². The molecule has 2 unspecified atom stereocenters. The highest BCUT2D eigenvalue weighted by Gasteiger charge is 2.36. The quantitative estimate of drug-likeness (QED) is 0.895. The number of piperidine rings is 1. The molecule has 2 N–H and O–H groups in total. The molecule has 4 nitrogen and oxygen atoms in total. The molecule has 1 saturated heterocycles. The Morgan fingerprint density at radius 3 is 2.75 bits per heavy atom. The van der Waals surface area contributed by atoms with Crippen LogP contribution in [-0.2, 0) is 10.0 Å². The van der Waals surface area contributed by atoms with E-state index in [0.29, 0.717) is 6.54 Å². The van der Waals surface area contributed by atoms with Crippen molar-refractivity contribution in [2.45, 2.75) is 43.2 Å². The lowest BCUT2D eigenvalue weighted by molar-refractivity contribution is 0.227. The van der Waals surface area contributed by atoms with Crippen LogP contribution in [0.1, 0.15) is 26.2 Å². The lowest BCUT2D eigenvalue weighted by Gasteiger charge is -2.37. The highest BCUT2D eigenvalue weighted by Crippen LogP contribution is 2.30. The fraction of sp³-hybridized carbons (Fsp3) is 0.538. The minimum Gasteiger partial charge on any atom is -0.326 e. The van der Waals surface area contributed by atoms with Crippen molar-refractivity contribution >= 4 is 26.0 Å². The number of benzene rings is 1. The van der Waals surface area contributed by atoms with Crippen LogP contribution in [-0.4, -0.2) is 31.4 Å². The van der Waals surface area contributed by atoms with Gasteiger partial charge in [0.2, 0.25) is 10.0 Å². The van der Waals surface area contributed by atoms with Crippen LogP contribution in [0.25, 0.3) is 0 Å². The highest BCUT2D eigenvalue weighted by atomic mass is 79.9. The molecule has 2 atom stereocenters. The molecule has 0 aliphatic carbocycles. The third-order valence-corrected chi connectivity index (χ3v) is 6.49. The molecule has 0 aromatic heterocycles. The average molecular weight is 365 g/mol. The zero-order valence-corrected chi connectivity index (χ0v) is 13.6. The van der Waals surface area contributed by atoms with E-state index in [1.807, 2.05) is 6.92 Å². The molecule has 1 aromatic carbocycles. The maximum atomic E-state index is 13.1. The molecule has 2 rings (SSSR count). The predicted octanol–water partition coefficient (Wildman–Crippen LogP) is 2.48. The van der Waals surface area contributed by atoms with Crippen LogP contribution in [0.15, 0.2) is 27.6 Å². The largest absolute Gasteiger partial charge is 0.326 e. The number of rotatable bonds is 3. The van der Waals surface area contributed by atoms with Gasteiger partial charge in [-0.25, -0.2) is 12.8 Å². The summed E-state index contributed by atoms with van der Waals surface area (Å²) < 4.78 is 40.3. The van der Waals surface area contributed by atoms with Gasteiger partial charge >= 0.3 is 0 Å². The topological polar surface area (TPSA) is 63.4 Å². The van der Waals surface area contributed by atoms with Crippen LogP contribution in [0, 0.1) is 5.82 Å². The van der Waals surface area contributed by atoms with Gasteiger partial charge in [-0.3, -0.25) is 0 Å². The van der Waals surface area contributed by atoms with Gasteiger partial charge in [-0.2, -0.15) is 4.31 Å². The van der Waals surface area contributed by atoms with Gasteiger partial charge < -0.3 is 5.73 Å². The number of sulfonamides is 1. The van der Waals surface area contributed by atoms with Crippen LogP contribution in [0.2, 0.25) is 0 Å². The van der Waals surface area contributed by atoms with E-state index in [2.05, 4.69) is 15.9 Å². The molecular formula is C13H18BrFN2O2S. The van der Waals surface area contributed by atoms with Gasteiger partial charge in [0.1, 0.15) is 5.82 Å². The highest BCUT2D eigenvalue weighted by molar-refractivity contribution is 9.10. The van der Waals surface area contributed by atoms with E-state index in [-0.39, 0.29) is 21.5 Å². The van der Waals surface area contributed by atoms with E-state index in [0.717, 1.165) is 31.4 Å². The number of halogens is 2. The molecule has 1 aliphatic heterocycles. The van der Waals surface area contributed by atoms with Gasteiger partial charge in [0.05, 0.1) is 4.90 Å². The normalized spacial score (nSPS) is 22.7. The molecule has 20 heavy (non-hydrogen) atoms. The molecule has 1 heterocycles. The first-order valence-corrected chi connectivity index (χ1v) is 8.80. The third kappa shape index (κ3) is 3.05. The van der Waals surface area contributed by atoms with E-state index >= 15 is 0 Å². The summed E-state index contributed by atoms with van der Waals surface area (Å²) in [7, 11) is -3.66. The first-order valence-electron chi connectivity index (χ1n) is 6.56. The first kappa shape index (κ1) is 15.9. The number of hydrogen-bond acceptors (Lipinski definition) is 3. The van der Waals surface area contributed by atoms with Crippen molar-refractivity contribution in [3.05, 3.63) is 28.5 Å². The molecular weight excluding hydrogens is 347 g/mol. The summed E-state index contributed by atoms with van der Waals surface area (Å²) in [5, 5.41) is 0. The number of nitrogens with zero attached hydrogens (tertiary/aromatic N) is 1. The standard InChI is InChI=1S/C13H18BrFN2O2S/c1-9(16)12-4-2-3-7-17(12)20(18,19)13-6-5-10(15)8-11(13)14/h5-6,8-9,12H,2-4,7,16H2,1H3. The van der Waals surface area contributed by atoms with Crippen molar-refractivity contribution in [3.63, 3.8) is 0 Å². The van der Waals surface area contributed by atoms with Crippen molar-refractivity contribution in [1.29, 1.82) is 0 Å². The zero-order valence-electron chi connectivity index (χ0n) is 11.2. The average Bonchev–Trinajstić information content (AvgIpc) is 2.38.